The summed E-state index contributed by atoms with van der Waals surface area (Å²) in [5, 5.41) is 10.2. The molecule has 20 heavy (non-hydrogen) atoms. The Kier molecular flexibility index (Phi) is 4.70. The summed E-state index contributed by atoms with van der Waals surface area (Å²) in [5.41, 5.74) is 2.15. The first-order valence-corrected chi connectivity index (χ1v) is 6.65. The molecule has 0 saturated heterocycles. The first-order valence-electron chi connectivity index (χ1n) is 6.65. The van der Waals surface area contributed by atoms with Crippen molar-refractivity contribution in [2.24, 2.45) is 7.05 Å². The summed E-state index contributed by atoms with van der Waals surface area (Å²) < 4.78 is 1.70. The van der Waals surface area contributed by atoms with Gasteiger partial charge in [-0.3, -0.25) is 9.48 Å². The van der Waals surface area contributed by atoms with E-state index in [9.17, 15) is 4.79 Å². The lowest BCUT2D eigenvalue weighted by Gasteiger charge is -2.06. The van der Waals surface area contributed by atoms with Gasteiger partial charge in [0.05, 0.1) is 24.1 Å². The summed E-state index contributed by atoms with van der Waals surface area (Å²) in [6.45, 7) is 3.39. The molecule has 1 amide bonds. The summed E-state index contributed by atoms with van der Waals surface area (Å²) in [6, 6.07) is 5.44. The van der Waals surface area contributed by atoms with Crippen LogP contribution in [0, 0.1) is 0 Å². The minimum absolute atomic E-state index is 0.197. The van der Waals surface area contributed by atoms with Crippen molar-refractivity contribution in [2.75, 3.05) is 11.9 Å². The van der Waals surface area contributed by atoms with Gasteiger partial charge in [-0.05, 0) is 24.6 Å². The fourth-order valence-corrected chi connectivity index (χ4v) is 1.72. The molecule has 0 radical (unpaired) electrons. The van der Waals surface area contributed by atoms with Crippen molar-refractivity contribution < 1.29 is 4.79 Å². The van der Waals surface area contributed by atoms with Crippen molar-refractivity contribution in [3.63, 3.8) is 0 Å². The highest BCUT2D eigenvalue weighted by Crippen LogP contribution is 2.06. The molecule has 0 bridgehead atoms. The zero-order valence-corrected chi connectivity index (χ0v) is 11.8. The lowest BCUT2D eigenvalue weighted by atomic mass is 10.3. The molecule has 0 aromatic carbocycles. The fourth-order valence-electron chi connectivity index (χ4n) is 1.72. The van der Waals surface area contributed by atoms with Crippen molar-refractivity contribution in [2.45, 2.75) is 19.9 Å². The van der Waals surface area contributed by atoms with Gasteiger partial charge in [0.2, 0.25) is 0 Å². The molecular weight excluding hydrogens is 254 g/mol. The van der Waals surface area contributed by atoms with Crippen molar-refractivity contribution in [1.82, 2.24) is 20.1 Å². The van der Waals surface area contributed by atoms with E-state index < -0.39 is 0 Å². The van der Waals surface area contributed by atoms with Gasteiger partial charge >= 0.3 is 0 Å². The molecule has 0 atom stereocenters. The Morgan fingerprint density at radius 2 is 2.20 bits per heavy atom. The molecule has 0 aliphatic rings. The van der Waals surface area contributed by atoms with Crippen molar-refractivity contribution in [3.05, 3.63) is 42.0 Å². The molecule has 0 aliphatic carbocycles. The number of aromatic nitrogens is 3. The Bertz CT molecular complexity index is 561. The molecule has 2 heterocycles. The minimum atomic E-state index is -0.197. The van der Waals surface area contributed by atoms with Crippen LogP contribution in [0.15, 0.2) is 30.6 Å². The number of hydrogen-bond acceptors (Lipinski definition) is 4. The number of carbonyl (C=O) groups is 1. The SMILES string of the molecule is CCCNc1ccc(C(=O)NCc2ccn(C)n2)nc1. The van der Waals surface area contributed by atoms with Crippen LogP contribution in [0.2, 0.25) is 0 Å². The van der Waals surface area contributed by atoms with Crippen LogP contribution in [-0.2, 0) is 13.6 Å². The molecule has 106 valence electrons. The third-order valence-electron chi connectivity index (χ3n) is 2.77. The van der Waals surface area contributed by atoms with E-state index in [0.29, 0.717) is 12.2 Å². The van der Waals surface area contributed by atoms with Crippen LogP contribution in [-0.4, -0.2) is 27.2 Å². The number of pyridine rings is 1. The smallest absolute Gasteiger partial charge is 0.270 e. The molecule has 2 N–H and O–H groups in total. The molecule has 0 saturated carbocycles. The highest BCUT2D eigenvalue weighted by molar-refractivity contribution is 5.92. The molecule has 0 unspecified atom stereocenters. The Hall–Kier alpha value is -2.37. The van der Waals surface area contributed by atoms with Gasteiger partial charge in [-0.2, -0.15) is 5.10 Å². The van der Waals surface area contributed by atoms with E-state index in [0.717, 1.165) is 24.3 Å². The van der Waals surface area contributed by atoms with Gasteiger partial charge in [0, 0.05) is 19.8 Å². The standard InChI is InChI=1S/C14H19N5O/c1-3-7-15-11-4-5-13(16-9-11)14(20)17-10-12-6-8-19(2)18-12/h4-6,8-9,15H,3,7,10H2,1-2H3,(H,17,20). The Morgan fingerprint density at radius 3 is 2.80 bits per heavy atom. The maximum absolute atomic E-state index is 11.9. The summed E-state index contributed by atoms with van der Waals surface area (Å²) in [6.07, 6.45) is 4.56. The molecule has 2 rings (SSSR count). The lowest BCUT2D eigenvalue weighted by molar-refractivity contribution is 0.0945. The van der Waals surface area contributed by atoms with Crippen LogP contribution < -0.4 is 10.6 Å². The van der Waals surface area contributed by atoms with E-state index in [1.54, 1.807) is 16.9 Å². The normalized spacial score (nSPS) is 10.3. The lowest BCUT2D eigenvalue weighted by Crippen LogP contribution is -2.24. The van der Waals surface area contributed by atoms with Gasteiger partial charge in [-0.15, -0.1) is 0 Å². The molecule has 2 aromatic heterocycles. The van der Waals surface area contributed by atoms with Gasteiger partial charge in [-0.1, -0.05) is 6.92 Å². The average Bonchev–Trinajstić information content (AvgIpc) is 2.89. The maximum atomic E-state index is 11.9. The number of nitrogens with one attached hydrogen (secondary N) is 2. The quantitative estimate of drug-likeness (QED) is 0.838. The van der Waals surface area contributed by atoms with Gasteiger partial charge in [-0.25, -0.2) is 4.98 Å². The topological polar surface area (TPSA) is 71.8 Å². The second-order valence-electron chi connectivity index (χ2n) is 4.52. The molecular formula is C14H19N5O. The molecule has 0 aliphatic heterocycles. The Labute approximate surface area is 118 Å². The largest absolute Gasteiger partial charge is 0.384 e. The number of nitrogens with zero attached hydrogens (tertiary/aromatic N) is 3. The van der Waals surface area contributed by atoms with Crippen LogP contribution in [0.4, 0.5) is 5.69 Å². The number of amides is 1. The van der Waals surface area contributed by atoms with Crippen LogP contribution in [0.5, 0.6) is 0 Å². The van der Waals surface area contributed by atoms with Crippen LogP contribution >= 0.6 is 0 Å². The zero-order valence-electron chi connectivity index (χ0n) is 11.8. The molecule has 0 fully saturated rings. The van der Waals surface area contributed by atoms with Crippen LogP contribution in [0.25, 0.3) is 0 Å². The molecule has 6 heteroatoms. The van der Waals surface area contributed by atoms with E-state index in [1.807, 2.05) is 25.4 Å². The molecule has 6 nitrogen and oxygen atoms in total. The van der Waals surface area contributed by atoms with Gasteiger partial charge in [0.1, 0.15) is 5.69 Å². The first-order chi connectivity index (χ1) is 9.69. The van der Waals surface area contributed by atoms with Gasteiger partial charge < -0.3 is 10.6 Å². The maximum Gasteiger partial charge on any atom is 0.270 e. The fraction of sp³-hybridized carbons (Fsp3) is 0.357. The predicted molar refractivity (Wildman–Crippen MR) is 77.4 cm³/mol. The number of rotatable bonds is 6. The monoisotopic (exact) mass is 273 g/mol. The average molecular weight is 273 g/mol. The summed E-state index contributed by atoms with van der Waals surface area (Å²) in [5.74, 6) is -0.197. The van der Waals surface area contributed by atoms with E-state index in [4.69, 9.17) is 0 Å². The summed E-state index contributed by atoms with van der Waals surface area (Å²) in [7, 11) is 1.84. The molecule has 0 spiro atoms. The summed E-state index contributed by atoms with van der Waals surface area (Å²) >= 11 is 0. The van der Waals surface area contributed by atoms with Crippen molar-refractivity contribution in [1.29, 1.82) is 0 Å². The third-order valence-corrected chi connectivity index (χ3v) is 2.77. The highest BCUT2D eigenvalue weighted by Gasteiger charge is 2.07. The number of anilines is 1. The zero-order chi connectivity index (χ0) is 14.4. The van der Waals surface area contributed by atoms with E-state index in [2.05, 4.69) is 27.6 Å². The first kappa shape index (κ1) is 14.0. The predicted octanol–water partition coefficient (Wildman–Crippen LogP) is 1.57. The minimum Gasteiger partial charge on any atom is -0.384 e. The highest BCUT2D eigenvalue weighted by atomic mass is 16.1. The summed E-state index contributed by atoms with van der Waals surface area (Å²) in [4.78, 5) is 16.1. The van der Waals surface area contributed by atoms with E-state index in [1.165, 1.54) is 0 Å². The Morgan fingerprint density at radius 1 is 1.35 bits per heavy atom. The van der Waals surface area contributed by atoms with Crippen molar-refractivity contribution >= 4 is 11.6 Å². The van der Waals surface area contributed by atoms with Gasteiger partial charge in [0.25, 0.3) is 5.91 Å². The molecule has 2 aromatic rings. The van der Waals surface area contributed by atoms with Gasteiger partial charge in [0.15, 0.2) is 0 Å². The van der Waals surface area contributed by atoms with E-state index >= 15 is 0 Å². The second-order valence-corrected chi connectivity index (χ2v) is 4.52. The third kappa shape index (κ3) is 3.81. The number of aryl methyl sites for hydroxylation is 1. The van der Waals surface area contributed by atoms with Crippen LogP contribution in [0.1, 0.15) is 29.5 Å². The second kappa shape index (κ2) is 6.70. The number of carbonyl (C=O) groups excluding carboxylic acids is 1. The number of hydrogen-bond donors (Lipinski definition) is 2. The van der Waals surface area contributed by atoms with E-state index in [-0.39, 0.29) is 5.91 Å². The Balaban J connectivity index is 1.88. The van der Waals surface area contributed by atoms with Crippen LogP contribution in [0.3, 0.4) is 0 Å². The van der Waals surface area contributed by atoms with Crippen molar-refractivity contribution in [3.8, 4) is 0 Å².